The van der Waals surface area contributed by atoms with Gasteiger partial charge in [0.25, 0.3) is 0 Å². The van der Waals surface area contributed by atoms with Gasteiger partial charge in [-0.2, -0.15) is 5.10 Å². The van der Waals surface area contributed by atoms with E-state index in [1.807, 2.05) is 19.2 Å². The second-order valence-electron chi connectivity index (χ2n) is 5.60. The van der Waals surface area contributed by atoms with Gasteiger partial charge in [0.15, 0.2) is 5.82 Å². The number of ether oxygens (including phenoxy) is 1. The van der Waals surface area contributed by atoms with Crippen molar-refractivity contribution in [3.63, 3.8) is 0 Å². The van der Waals surface area contributed by atoms with Gasteiger partial charge in [0, 0.05) is 31.3 Å². The third-order valence-corrected chi connectivity index (χ3v) is 4.09. The number of esters is 1. The predicted octanol–water partition coefficient (Wildman–Crippen LogP) is 0.580. The standard InChI is InChI=1S/C14H15N5O2/c1-9-3-17-19(4-9)13-2-12(15-8-16-13)18-5-10-7-21-14(20)11(10)6-18/h2-4,8,10-11H,5-7H2,1H3/t10-,11-/m1/s1. The molecule has 0 unspecified atom stereocenters. The largest absolute Gasteiger partial charge is 0.465 e. The lowest BCUT2D eigenvalue weighted by Gasteiger charge is -2.18. The summed E-state index contributed by atoms with van der Waals surface area (Å²) in [5.41, 5.74) is 1.08. The van der Waals surface area contributed by atoms with Gasteiger partial charge < -0.3 is 9.64 Å². The van der Waals surface area contributed by atoms with Gasteiger partial charge in [0.2, 0.25) is 0 Å². The van der Waals surface area contributed by atoms with Crippen LogP contribution < -0.4 is 4.90 Å². The van der Waals surface area contributed by atoms with Crippen molar-refractivity contribution in [2.75, 3.05) is 24.6 Å². The zero-order chi connectivity index (χ0) is 14.4. The van der Waals surface area contributed by atoms with Gasteiger partial charge in [0.1, 0.15) is 12.1 Å². The Morgan fingerprint density at radius 3 is 2.90 bits per heavy atom. The van der Waals surface area contributed by atoms with Crippen LogP contribution in [-0.2, 0) is 9.53 Å². The number of carbonyl (C=O) groups excluding carboxylic acids is 1. The minimum Gasteiger partial charge on any atom is -0.465 e. The van der Waals surface area contributed by atoms with E-state index in [-0.39, 0.29) is 17.8 Å². The average molecular weight is 285 g/mol. The molecule has 2 fully saturated rings. The van der Waals surface area contributed by atoms with Gasteiger partial charge >= 0.3 is 5.97 Å². The van der Waals surface area contributed by atoms with Crippen LogP contribution >= 0.6 is 0 Å². The number of hydrogen-bond acceptors (Lipinski definition) is 6. The fraction of sp³-hybridized carbons (Fsp3) is 0.429. The first kappa shape index (κ1) is 12.3. The van der Waals surface area contributed by atoms with Gasteiger partial charge in [-0.3, -0.25) is 4.79 Å². The van der Waals surface area contributed by atoms with E-state index < -0.39 is 0 Å². The molecule has 0 aromatic carbocycles. The first-order valence-electron chi connectivity index (χ1n) is 6.96. The molecule has 7 heteroatoms. The Kier molecular flexibility index (Phi) is 2.66. The van der Waals surface area contributed by atoms with Crippen LogP contribution in [0.5, 0.6) is 0 Å². The number of anilines is 1. The van der Waals surface area contributed by atoms with Crippen molar-refractivity contribution in [2.24, 2.45) is 11.8 Å². The van der Waals surface area contributed by atoms with Gasteiger partial charge in [-0.1, -0.05) is 0 Å². The van der Waals surface area contributed by atoms with Gasteiger partial charge in [0.05, 0.1) is 18.7 Å². The molecule has 4 heterocycles. The van der Waals surface area contributed by atoms with Crippen molar-refractivity contribution in [2.45, 2.75) is 6.92 Å². The third-order valence-electron chi connectivity index (χ3n) is 4.09. The Morgan fingerprint density at radius 2 is 2.14 bits per heavy atom. The minimum absolute atomic E-state index is 0.0182. The van der Waals surface area contributed by atoms with Crippen LogP contribution in [0.3, 0.4) is 0 Å². The Morgan fingerprint density at radius 1 is 1.29 bits per heavy atom. The van der Waals surface area contributed by atoms with Crippen LogP contribution in [0.1, 0.15) is 5.56 Å². The number of rotatable bonds is 2. The first-order valence-corrected chi connectivity index (χ1v) is 6.96. The summed E-state index contributed by atoms with van der Waals surface area (Å²) in [4.78, 5) is 22.3. The number of carbonyl (C=O) groups is 1. The van der Waals surface area contributed by atoms with Gasteiger partial charge in [-0.05, 0) is 12.5 Å². The number of aryl methyl sites for hydroxylation is 1. The van der Waals surface area contributed by atoms with E-state index in [4.69, 9.17) is 4.74 Å². The van der Waals surface area contributed by atoms with E-state index in [0.29, 0.717) is 13.2 Å². The first-order chi connectivity index (χ1) is 10.2. The summed E-state index contributed by atoms with van der Waals surface area (Å²) in [5, 5.41) is 4.26. The summed E-state index contributed by atoms with van der Waals surface area (Å²) in [5.74, 6) is 1.74. The SMILES string of the molecule is Cc1cnn(-c2cc(N3C[C@@H]4COC(=O)[C@@H]4C3)ncn2)c1. The zero-order valence-electron chi connectivity index (χ0n) is 11.6. The molecule has 0 aliphatic carbocycles. The van der Waals surface area contributed by atoms with Gasteiger partial charge in [-0.25, -0.2) is 14.6 Å². The molecule has 0 spiro atoms. The molecule has 2 atom stereocenters. The Hall–Kier alpha value is -2.44. The van der Waals surface area contributed by atoms with Crippen molar-refractivity contribution in [1.29, 1.82) is 0 Å². The van der Waals surface area contributed by atoms with E-state index in [1.54, 1.807) is 10.9 Å². The maximum Gasteiger partial charge on any atom is 0.311 e. The fourth-order valence-corrected chi connectivity index (χ4v) is 2.96. The van der Waals surface area contributed by atoms with Crippen LogP contribution in [0.2, 0.25) is 0 Å². The Bertz CT molecular complexity index is 698. The number of hydrogen-bond donors (Lipinski definition) is 0. The monoisotopic (exact) mass is 285 g/mol. The van der Waals surface area contributed by atoms with Crippen molar-refractivity contribution < 1.29 is 9.53 Å². The molecule has 4 rings (SSSR count). The smallest absolute Gasteiger partial charge is 0.311 e. The molecule has 108 valence electrons. The Labute approximate surface area is 121 Å². The molecule has 2 aromatic heterocycles. The molecule has 2 aliphatic heterocycles. The number of cyclic esters (lactones) is 1. The topological polar surface area (TPSA) is 73.1 Å². The summed E-state index contributed by atoms with van der Waals surface area (Å²) in [7, 11) is 0. The minimum atomic E-state index is -0.0838. The van der Waals surface area contributed by atoms with Crippen molar-refractivity contribution in [3.8, 4) is 5.82 Å². The van der Waals surface area contributed by atoms with Crippen LogP contribution in [0.15, 0.2) is 24.8 Å². The summed E-state index contributed by atoms with van der Waals surface area (Å²) >= 11 is 0. The molecule has 0 amide bonds. The van der Waals surface area contributed by atoms with E-state index in [1.165, 1.54) is 6.33 Å². The predicted molar refractivity (Wildman–Crippen MR) is 74.0 cm³/mol. The molecule has 0 bridgehead atoms. The highest BCUT2D eigenvalue weighted by molar-refractivity contribution is 5.76. The lowest BCUT2D eigenvalue weighted by molar-refractivity contribution is -0.140. The number of nitrogens with zero attached hydrogens (tertiary/aromatic N) is 5. The Balaban J connectivity index is 1.60. The lowest BCUT2D eigenvalue weighted by atomic mass is 10.0. The summed E-state index contributed by atoms with van der Waals surface area (Å²) in [6.45, 7) is 3.97. The third kappa shape index (κ3) is 2.05. The summed E-state index contributed by atoms with van der Waals surface area (Å²) in [6, 6.07) is 1.90. The highest BCUT2D eigenvalue weighted by Gasteiger charge is 2.44. The van der Waals surface area contributed by atoms with Crippen molar-refractivity contribution in [3.05, 3.63) is 30.4 Å². The number of aromatic nitrogens is 4. The fourth-order valence-electron chi connectivity index (χ4n) is 2.96. The molecule has 0 N–H and O–H groups in total. The second kappa shape index (κ2) is 4.54. The summed E-state index contributed by atoms with van der Waals surface area (Å²) in [6.07, 6.45) is 5.24. The quantitative estimate of drug-likeness (QED) is 0.752. The van der Waals surface area contributed by atoms with Gasteiger partial charge in [-0.15, -0.1) is 0 Å². The van der Waals surface area contributed by atoms with Crippen molar-refractivity contribution >= 4 is 11.8 Å². The average Bonchev–Trinajstić information content (AvgIpc) is 3.17. The van der Waals surface area contributed by atoms with E-state index in [2.05, 4.69) is 20.0 Å². The normalized spacial score (nSPS) is 24.2. The van der Waals surface area contributed by atoms with E-state index >= 15 is 0 Å². The maximum atomic E-state index is 11.6. The molecular formula is C14H15N5O2. The molecule has 2 saturated heterocycles. The van der Waals surface area contributed by atoms with Crippen LogP contribution in [0.4, 0.5) is 5.82 Å². The highest BCUT2D eigenvalue weighted by atomic mass is 16.5. The molecule has 7 nitrogen and oxygen atoms in total. The van der Waals surface area contributed by atoms with Crippen molar-refractivity contribution in [1.82, 2.24) is 19.7 Å². The maximum absolute atomic E-state index is 11.6. The second-order valence-corrected chi connectivity index (χ2v) is 5.60. The van der Waals surface area contributed by atoms with E-state index in [9.17, 15) is 4.79 Å². The molecule has 0 saturated carbocycles. The molecular weight excluding hydrogens is 270 g/mol. The molecule has 0 radical (unpaired) electrons. The van der Waals surface area contributed by atoms with Crippen LogP contribution in [0, 0.1) is 18.8 Å². The number of fused-ring (bicyclic) bond motifs is 1. The van der Waals surface area contributed by atoms with Crippen LogP contribution in [-0.4, -0.2) is 45.4 Å². The zero-order valence-corrected chi connectivity index (χ0v) is 11.6. The lowest BCUT2D eigenvalue weighted by Crippen LogP contribution is -2.24. The van der Waals surface area contributed by atoms with E-state index in [0.717, 1.165) is 23.7 Å². The molecule has 2 aliphatic rings. The highest BCUT2D eigenvalue weighted by Crippen LogP contribution is 2.32. The van der Waals surface area contributed by atoms with Crippen LogP contribution in [0.25, 0.3) is 5.82 Å². The summed E-state index contributed by atoms with van der Waals surface area (Å²) < 4.78 is 6.82. The molecule has 21 heavy (non-hydrogen) atoms. The molecule has 2 aromatic rings.